The van der Waals surface area contributed by atoms with Gasteiger partial charge in [0.05, 0.1) is 0 Å². The number of aryl methyl sites for hydroxylation is 2. The average molecular weight is 523 g/mol. The van der Waals surface area contributed by atoms with Crippen LogP contribution in [0, 0.1) is 0 Å². The summed E-state index contributed by atoms with van der Waals surface area (Å²) in [6, 6.07) is 13.8. The molecule has 0 amide bonds. The fourth-order valence-electron chi connectivity index (χ4n) is 4.44. The minimum Gasteiger partial charge on any atom is -0.759 e. The van der Waals surface area contributed by atoms with E-state index in [1.54, 1.807) is 11.1 Å². The van der Waals surface area contributed by atoms with Crippen LogP contribution in [0.2, 0.25) is 0 Å². The standard InChI is InChI=1S/C28H44.2Na.H2O4S/c1-3-5-7-9-11-13-15-19-25-23-24-26-20-17-18-22-28(26)27(25)21-16-14-12-10-8-6-4-2;;;1-5(2,3)4/h17-18,20,22-24H,3-16,19,21H2,1-2H3;;;(H2,1,2,3,4)/q;2*+1;/p-2. The molecule has 0 spiro atoms. The molecule has 4 nitrogen and oxygen atoms in total. The first kappa shape index (κ1) is 37.7. The summed E-state index contributed by atoms with van der Waals surface area (Å²) in [5.41, 5.74) is 3.27. The van der Waals surface area contributed by atoms with Gasteiger partial charge in [0.1, 0.15) is 0 Å². The van der Waals surface area contributed by atoms with E-state index in [0.717, 1.165) is 0 Å². The van der Waals surface area contributed by atoms with Crippen molar-refractivity contribution in [2.24, 2.45) is 0 Å². The first-order chi connectivity index (χ1) is 15.9. The van der Waals surface area contributed by atoms with Gasteiger partial charge in [-0.05, 0) is 47.6 Å². The van der Waals surface area contributed by atoms with Gasteiger partial charge in [0.15, 0.2) is 0 Å². The van der Waals surface area contributed by atoms with Crippen molar-refractivity contribution in [1.29, 1.82) is 0 Å². The normalized spacial score (nSPS) is 10.7. The largest absolute Gasteiger partial charge is 1.00 e. The second kappa shape index (κ2) is 23.7. The van der Waals surface area contributed by atoms with Crippen LogP contribution in [0.3, 0.4) is 0 Å². The van der Waals surface area contributed by atoms with Crippen LogP contribution in [-0.4, -0.2) is 17.5 Å². The van der Waals surface area contributed by atoms with E-state index >= 15 is 0 Å². The number of unbranched alkanes of at least 4 members (excludes halogenated alkanes) is 12. The molecule has 0 aliphatic carbocycles. The Morgan fingerprint density at radius 3 is 1.54 bits per heavy atom. The van der Waals surface area contributed by atoms with E-state index in [1.807, 2.05) is 0 Å². The summed E-state index contributed by atoms with van der Waals surface area (Å²) in [4.78, 5) is 0. The maximum Gasteiger partial charge on any atom is 1.00 e. The van der Waals surface area contributed by atoms with Gasteiger partial charge in [-0.2, -0.15) is 0 Å². The molecule has 35 heavy (non-hydrogen) atoms. The van der Waals surface area contributed by atoms with E-state index in [0.29, 0.717) is 0 Å². The Hall–Kier alpha value is 0.570. The van der Waals surface area contributed by atoms with Crippen LogP contribution < -0.4 is 59.1 Å². The van der Waals surface area contributed by atoms with Crippen molar-refractivity contribution in [3.05, 3.63) is 47.5 Å². The molecule has 0 saturated heterocycles. The van der Waals surface area contributed by atoms with Crippen molar-refractivity contribution >= 4 is 21.2 Å². The molecule has 2 rings (SSSR count). The number of benzene rings is 2. The van der Waals surface area contributed by atoms with Gasteiger partial charge >= 0.3 is 59.1 Å². The van der Waals surface area contributed by atoms with E-state index < -0.39 is 10.4 Å². The van der Waals surface area contributed by atoms with E-state index in [1.165, 1.54) is 114 Å². The molecule has 7 heteroatoms. The molecule has 2 aromatic rings. The number of hydrogen-bond acceptors (Lipinski definition) is 4. The molecule has 0 unspecified atom stereocenters. The maximum atomic E-state index is 8.52. The first-order valence-corrected chi connectivity index (χ1v) is 14.4. The SMILES string of the molecule is CCCCCCCCCc1ccc2ccccc2c1CCCCCCCCC.O=S(=O)([O-])[O-].[Na+].[Na+]. The van der Waals surface area contributed by atoms with Crippen LogP contribution in [0.4, 0.5) is 0 Å². The smallest absolute Gasteiger partial charge is 0.759 e. The number of rotatable bonds is 16. The molecular weight excluding hydrogens is 478 g/mol. The molecule has 0 N–H and O–H groups in total. The van der Waals surface area contributed by atoms with Crippen molar-refractivity contribution in [1.82, 2.24) is 0 Å². The Labute approximate surface area is 259 Å². The molecule has 0 aliphatic heterocycles. The molecule has 0 aliphatic rings. The van der Waals surface area contributed by atoms with Crippen molar-refractivity contribution in [3.8, 4) is 0 Å². The van der Waals surface area contributed by atoms with Gasteiger partial charge in [-0.3, -0.25) is 8.42 Å². The summed E-state index contributed by atoms with van der Waals surface area (Å²) in [6.45, 7) is 4.60. The van der Waals surface area contributed by atoms with E-state index in [-0.39, 0.29) is 59.1 Å². The minimum absolute atomic E-state index is 0. The van der Waals surface area contributed by atoms with Gasteiger partial charge in [0.2, 0.25) is 0 Å². The second-order valence-electron chi connectivity index (χ2n) is 9.08. The fourth-order valence-corrected chi connectivity index (χ4v) is 4.44. The Kier molecular flexibility index (Phi) is 25.5. The van der Waals surface area contributed by atoms with Crippen LogP contribution in [0.1, 0.15) is 115 Å². The molecule has 0 saturated carbocycles. The maximum absolute atomic E-state index is 8.52. The van der Waals surface area contributed by atoms with Gasteiger partial charge in [-0.25, -0.2) is 0 Å². The summed E-state index contributed by atoms with van der Waals surface area (Å²) < 4.78 is 34.1. The van der Waals surface area contributed by atoms with Crippen molar-refractivity contribution in [2.75, 3.05) is 0 Å². The van der Waals surface area contributed by atoms with Crippen molar-refractivity contribution in [2.45, 2.75) is 117 Å². The van der Waals surface area contributed by atoms with Crippen LogP contribution in [-0.2, 0) is 23.2 Å². The van der Waals surface area contributed by atoms with Crippen LogP contribution >= 0.6 is 0 Å². The van der Waals surface area contributed by atoms with Crippen LogP contribution in [0.5, 0.6) is 0 Å². The number of fused-ring (bicyclic) bond motifs is 1. The summed E-state index contributed by atoms with van der Waals surface area (Å²) in [5, 5.41) is 2.93. The third-order valence-electron chi connectivity index (χ3n) is 6.22. The molecule has 0 heterocycles. The molecule has 0 fully saturated rings. The van der Waals surface area contributed by atoms with E-state index in [2.05, 4.69) is 50.2 Å². The van der Waals surface area contributed by atoms with Crippen molar-refractivity contribution < 1.29 is 76.6 Å². The predicted molar refractivity (Wildman–Crippen MR) is 138 cm³/mol. The van der Waals surface area contributed by atoms with E-state index in [4.69, 9.17) is 17.5 Å². The second-order valence-corrected chi connectivity index (χ2v) is 9.89. The van der Waals surface area contributed by atoms with Gasteiger partial charge in [-0.15, -0.1) is 0 Å². The quantitative estimate of drug-likeness (QED) is 0.146. The summed E-state index contributed by atoms with van der Waals surface area (Å²) >= 11 is 0. The Morgan fingerprint density at radius 1 is 0.600 bits per heavy atom. The Morgan fingerprint density at radius 2 is 1.03 bits per heavy atom. The molecule has 0 atom stereocenters. The molecule has 0 aromatic heterocycles. The first-order valence-electron chi connectivity index (χ1n) is 13.0. The third-order valence-corrected chi connectivity index (χ3v) is 6.22. The number of hydrogen-bond donors (Lipinski definition) is 0. The van der Waals surface area contributed by atoms with Crippen LogP contribution in [0.25, 0.3) is 10.8 Å². The zero-order valence-corrected chi connectivity index (χ0v) is 27.6. The molecule has 0 bridgehead atoms. The van der Waals surface area contributed by atoms with Gasteiger partial charge < -0.3 is 9.11 Å². The summed E-state index contributed by atoms with van der Waals surface area (Å²) in [7, 11) is -5.17. The molecule has 2 aromatic carbocycles. The molecule has 188 valence electrons. The van der Waals surface area contributed by atoms with Crippen molar-refractivity contribution in [3.63, 3.8) is 0 Å². The third kappa shape index (κ3) is 20.2. The monoisotopic (exact) mass is 522 g/mol. The van der Waals surface area contributed by atoms with Crippen LogP contribution in [0.15, 0.2) is 36.4 Å². The summed E-state index contributed by atoms with van der Waals surface area (Å²) in [5.74, 6) is 0. The summed E-state index contributed by atoms with van der Waals surface area (Å²) in [6.07, 6.45) is 22.1. The Bertz CT molecular complexity index is 864. The molecular formula is C28H44Na2O4S. The van der Waals surface area contributed by atoms with Gasteiger partial charge in [0, 0.05) is 10.4 Å². The predicted octanol–water partition coefficient (Wildman–Crippen LogP) is 2.10. The minimum atomic E-state index is -5.17. The van der Waals surface area contributed by atoms with Gasteiger partial charge in [0.25, 0.3) is 0 Å². The van der Waals surface area contributed by atoms with Gasteiger partial charge in [-0.1, -0.05) is 127 Å². The van der Waals surface area contributed by atoms with E-state index in [9.17, 15) is 0 Å². The topological polar surface area (TPSA) is 80.3 Å². The fraction of sp³-hybridized carbons (Fsp3) is 0.643. The molecule has 0 radical (unpaired) electrons. The Balaban J connectivity index is 0. The zero-order chi connectivity index (χ0) is 24.4. The zero-order valence-electron chi connectivity index (χ0n) is 22.8. The average Bonchev–Trinajstić information content (AvgIpc) is 2.77.